The van der Waals surface area contributed by atoms with E-state index in [0.717, 1.165) is 0 Å². The SMILES string of the molecule is C=C[P+](C)(C)Cc1ccccc1. The van der Waals surface area contributed by atoms with Crippen molar-refractivity contribution in [3.8, 4) is 0 Å². The second kappa shape index (κ2) is 3.87. The Morgan fingerprint density at radius 2 is 1.83 bits per heavy atom. The largest absolute Gasteiger partial charge is 0.0878 e. The van der Waals surface area contributed by atoms with E-state index in [1.54, 1.807) is 0 Å². The Kier molecular flexibility index (Phi) is 3.05. The van der Waals surface area contributed by atoms with Crippen molar-refractivity contribution in [3.05, 3.63) is 48.3 Å². The molecule has 0 heterocycles. The van der Waals surface area contributed by atoms with E-state index in [2.05, 4.69) is 56.1 Å². The molecule has 0 amide bonds. The van der Waals surface area contributed by atoms with Crippen LogP contribution in [0.15, 0.2) is 42.7 Å². The van der Waals surface area contributed by atoms with Crippen LogP contribution in [0.1, 0.15) is 5.56 Å². The fourth-order valence-corrected chi connectivity index (χ4v) is 2.40. The molecule has 1 heteroatoms. The molecule has 0 bridgehead atoms. The van der Waals surface area contributed by atoms with E-state index in [1.807, 2.05) is 0 Å². The third-order valence-electron chi connectivity index (χ3n) is 1.93. The topological polar surface area (TPSA) is 0 Å². The van der Waals surface area contributed by atoms with Crippen LogP contribution in [0.3, 0.4) is 0 Å². The average molecular weight is 179 g/mol. The van der Waals surface area contributed by atoms with E-state index >= 15 is 0 Å². The molecule has 0 aliphatic heterocycles. The molecule has 0 aromatic heterocycles. The monoisotopic (exact) mass is 179 g/mol. The van der Waals surface area contributed by atoms with Crippen LogP contribution >= 0.6 is 7.26 Å². The summed E-state index contributed by atoms with van der Waals surface area (Å²) in [6, 6.07) is 10.6. The van der Waals surface area contributed by atoms with Crippen molar-refractivity contribution in [2.45, 2.75) is 6.16 Å². The van der Waals surface area contributed by atoms with Crippen LogP contribution < -0.4 is 0 Å². The molecule has 12 heavy (non-hydrogen) atoms. The lowest BCUT2D eigenvalue weighted by Gasteiger charge is -2.11. The third kappa shape index (κ3) is 2.79. The summed E-state index contributed by atoms with van der Waals surface area (Å²) in [6.45, 7) is 8.50. The molecule has 64 valence electrons. The predicted molar refractivity (Wildman–Crippen MR) is 59.1 cm³/mol. The zero-order chi connectivity index (χ0) is 9.03. The Balaban J connectivity index is 2.70. The van der Waals surface area contributed by atoms with Crippen molar-refractivity contribution in [1.29, 1.82) is 0 Å². The van der Waals surface area contributed by atoms with Crippen LogP contribution in [0, 0.1) is 0 Å². The predicted octanol–water partition coefficient (Wildman–Crippen LogP) is 3.61. The second-order valence-electron chi connectivity index (χ2n) is 3.60. The molecule has 0 spiro atoms. The van der Waals surface area contributed by atoms with Crippen LogP contribution in [-0.4, -0.2) is 13.3 Å². The van der Waals surface area contributed by atoms with Crippen LogP contribution in [0.2, 0.25) is 0 Å². The van der Waals surface area contributed by atoms with Crippen molar-refractivity contribution in [2.24, 2.45) is 0 Å². The maximum atomic E-state index is 3.88. The van der Waals surface area contributed by atoms with Gasteiger partial charge in [-0.3, -0.25) is 0 Å². The molecule has 1 rings (SSSR count). The molecular weight excluding hydrogens is 163 g/mol. The van der Waals surface area contributed by atoms with Gasteiger partial charge >= 0.3 is 0 Å². The minimum Gasteiger partial charge on any atom is -0.0640 e. The molecule has 1 aromatic rings. The minimum absolute atomic E-state index is 0.881. The molecule has 0 radical (unpaired) electrons. The zero-order valence-electron chi connectivity index (χ0n) is 7.83. The van der Waals surface area contributed by atoms with E-state index in [-0.39, 0.29) is 0 Å². The maximum Gasteiger partial charge on any atom is 0.0878 e. The molecule has 0 saturated heterocycles. The Labute approximate surface area is 75.7 Å². The summed E-state index contributed by atoms with van der Waals surface area (Å²) in [5.41, 5.74) is 1.43. The number of hydrogen-bond acceptors (Lipinski definition) is 0. The highest BCUT2D eigenvalue weighted by molar-refractivity contribution is 7.76. The fraction of sp³-hybridized carbons (Fsp3) is 0.273. The summed E-state index contributed by atoms with van der Waals surface area (Å²) < 4.78 is 0. The lowest BCUT2D eigenvalue weighted by atomic mass is 10.2. The van der Waals surface area contributed by atoms with Crippen LogP contribution in [0.4, 0.5) is 0 Å². The smallest absolute Gasteiger partial charge is 0.0640 e. The van der Waals surface area contributed by atoms with E-state index in [1.165, 1.54) is 11.7 Å². The quantitative estimate of drug-likeness (QED) is 0.622. The van der Waals surface area contributed by atoms with Crippen molar-refractivity contribution in [2.75, 3.05) is 13.3 Å². The lowest BCUT2D eigenvalue weighted by molar-refractivity contribution is 1.38. The normalized spacial score (nSPS) is 11.2. The molecule has 0 fully saturated rings. The summed E-state index contributed by atoms with van der Waals surface area (Å²) in [4.78, 5) is 0. The molecule has 0 N–H and O–H groups in total. The summed E-state index contributed by atoms with van der Waals surface area (Å²) in [7, 11) is -0.881. The first kappa shape index (κ1) is 9.48. The van der Waals surface area contributed by atoms with Gasteiger partial charge in [-0.1, -0.05) is 36.9 Å². The maximum absolute atomic E-state index is 3.88. The van der Waals surface area contributed by atoms with Crippen molar-refractivity contribution < 1.29 is 0 Å². The number of rotatable bonds is 3. The van der Waals surface area contributed by atoms with Crippen molar-refractivity contribution in [1.82, 2.24) is 0 Å². The van der Waals surface area contributed by atoms with Gasteiger partial charge in [0.2, 0.25) is 0 Å². The van der Waals surface area contributed by atoms with Gasteiger partial charge in [-0.15, -0.1) is 0 Å². The first-order valence-corrected chi connectivity index (χ1v) is 7.08. The Hall–Kier alpha value is -0.610. The lowest BCUT2D eigenvalue weighted by Crippen LogP contribution is -1.89. The molecule has 0 unspecified atom stereocenters. The van der Waals surface area contributed by atoms with Crippen LogP contribution in [-0.2, 0) is 6.16 Å². The molecule has 0 saturated carbocycles. The van der Waals surface area contributed by atoms with Crippen LogP contribution in [0.25, 0.3) is 0 Å². The highest BCUT2D eigenvalue weighted by atomic mass is 31.2. The van der Waals surface area contributed by atoms with Crippen molar-refractivity contribution >= 4 is 7.26 Å². The van der Waals surface area contributed by atoms with Gasteiger partial charge < -0.3 is 0 Å². The van der Waals surface area contributed by atoms with E-state index < -0.39 is 7.26 Å². The van der Waals surface area contributed by atoms with Gasteiger partial charge in [-0.2, -0.15) is 0 Å². The van der Waals surface area contributed by atoms with Crippen molar-refractivity contribution in [3.63, 3.8) is 0 Å². The van der Waals surface area contributed by atoms with Gasteiger partial charge in [0.15, 0.2) is 0 Å². The third-order valence-corrected chi connectivity index (χ3v) is 4.10. The summed E-state index contributed by atoms with van der Waals surface area (Å²) >= 11 is 0. The molecule has 0 aliphatic carbocycles. The number of hydrogen-bond donors (Lipinski definition) is 0. The summed E-state index contributed by atoms with van der Waals surface area (Å²) in [5.74, 6) is 2.12. The van der Waals surface area contributed by atoms with Gasteiger partial charge in [-0.05, 0) is 5.56 Å². The van der Waals surface area contributed by atoms with Gasteiger partial charge in [0, 0.05) is 7.26 Å². The molecular formula is C11H16P+. The van der Waals surface area contributed by atoms with E-state index in [4.69, 9.17) is 0 Å². The standard InChI is InChI=1S/C11H16P/c1-4-12(2,3)10-11-8-6-5-7-9-11/h4-9H,1,10H2,2-3H3/q+1. The second-order valence-corrected chi connectivity index (χ2v) is 7.84. The molecule has 1 aromatic carbocycles. The molecule has 0 aliphatic rings. The molecule has 0 nitrogen and oxygen atoms in total. The van der Waals surface area contributed by atoms with E-state index in [9.17, 15) is 0 Å². The van der Waals surface area contributed by atoms with Gasteiger partial charge in [-0.25, -0.2) is 0 Å². The van der Waals surface area contributed by atoms with Crippen LogP contribution in [0.5, 0.6) is 0 Å². The summed E-state index contributed by atoms with van der Waals surface area (Å²) in [5, 5.41) is 0. The highest BCUT2D eigenvalue weighted by Crippen LogP contribution is 2.55. The van der Waals surface area contributed by atoms with Gasteiger partial charge in [0.05, 0.1) is 25.3 Å². The fourth-order valence-electron chi connectivity index (χ4n) is 1.12. The average Bonchev–Trinajstić information content (AvgIpc) is 2.06. The Bertz CT molecular complexity index is 249. The first-order valence-electron chi connectivity index (χ1n) is 4.14. The molecule has 0 atom stereocenters. The highest BCUT2D eigenvalue weighted by Gasteiger charge is 2.20. The zero-order valence-corrected chi connectivity index (χ0v) is 8.72. The Morgan fingerprint density at radius 1 is 1.25 bits per heavy atom. The number of benzene rings is 1. The summed E-state index contributed by atoms with van der Waals surface area (Å²) in [6.07, 6.45) is 1.18. The van der Waals surface area contributed by atoms with E-state index in [0.29, 0.717) is 0 Å². The minimum atomic E-state index is -0.881. The van der Waals surface area contributed by atoms with Gasteiger partial charge in [0.25, 0.3) is 0 Å². The first-order chi connectivity index (χ1) is 5.64. The Morgan fingerprint density at radius 3 is 2.33 bits per heavy atom. The van der Waals surface area contributed by atoms with Gasteiger partial charge in [0.1, 0.15) is 0 Å².